The van der Waals surface area contributed by atoms with Crippen LogP contribution < -0.4 is 26.0 Å². The van der Waals surface area contributed by atoms with Crippen LogP contribution in [0.5, 0.6) is 5.75 Å². The molecule has 0 unspecified atom stereocenters. The molecular weight excluding hydrogens is 554 g/mol. The van der Waals surface area contributed by atoms with Crippen LogP contribution >= 0.6 is 11.3 Å². The third kappa shape index (κ3) is 6.71. The van der Waals surface area contributed by atoms with Crippen molar-refractivity contribution in [2.24, 2.45) is 10.7 Å². The van der Waals surface area contributed by atoms with E-state index < -0.39 is 0 Å². The van der Waals surface area contributed by atoms with Gasteiger partial charge in [0.25, 0.3) is 0 Å². The second kappa shape index (κ2) is 13.1. The molecule has 0 atom stereocenters. The number of fused-ring (bicyclic) bond motifs is 2. The molecule has 5 aromatic rings. The van der Waals surface area contributed by atoms with E-state index >= 15 is 0 Å². The van der Waals surface area contributed by atoms with Crippen molar-refractivity contribution >= 4 is 50.9 Å². The van der Waals surface area contributed by atoms with Crippen molar-refractivity contribution < 1.29 is 9.53 Å². The number of carbonyl (C=O) groups is 1. The fourth-order valence-electron chi connectivity index (χ4n) is 5.59. The Morgan fingerprint density at radius 3 is 2.74 bits per heavy atom. The second-order valence-electron chi connectivity index (χ2n) is 10.6. The van der Waals surface area contributed by atoms with Crippen molar-refractivity contribution in [3.8, 4) is 5.75 Å². The fourth-order valence-corrected chi connectivity index (χ4v) is 6.21. The summed E-state index contributed by atoms with van der Waals surface area (Å²) in [6.07, 6.45) is 1.32. The van der Waals surface area contributed by atoms with Gasteiger partial charge in [0.1, 0.15) is 11.6 Å². The first kappa shape index (κ1) is 28.5. The van der Waals surface area contributed by atoms with Crippen LogP contribution in [-0.2, 0) is 24.3 Å². The van der Waals surface area contributed by atoms with Gasteiger partial charge in [0.15, 0.2) is 0 Å². The summed E-state index contributed by atoms with van der Waals surface area (Å²) in [6.45, 7) is 2.91. The van der Waals surface area contributed by atoms with Crippen molar-refractivity contribution in [3.05, 3.63) is 118 Å². The van der Waals surface area contributed by atoms with Gasteiger partial charge in [0, 0.05) is 49.5 Å². The van der Waals surface area contributed by atoms with Gasteiger partial charge in [0.05, 0.1) is 17.7 Å². The molecule has 8 heteroatoms. The fraction of sp³-hybridized carbons (Fsp3) is 0.200. The van der Waals surface area contributed by atoms with Gasteiger partial charge in [0.2, 0.25) is 5.91 Å². The summed E-state index contributed by atoms with van der Waals surface area (Å²) in [5.74, 6) is 1.23. The number of ether oxygens (including phenoxy) is 1. The van der Waals surface area contributed by atoms with E-state index in [2.05, 4.69) is 75.1 Å². The summed E-state index contributed by atoms with van der Waals surface area (Å²) in [7, 11) is 1.65. The topological polar surface area (TPSA) is 92.0 Å². The van der Waals surface area contributed by atoms with Crippen LogP contribution in [0.3, 0.4) is 0 Å². The first-order valence-electron chi connectivity index (χ1n) is 14.5. The Hall–Kier alpha value is -4.66. The molecular formula is C35H35N5O2S. The molecule has 0 radical (unpaired) electrons. The van der Waals surface area contributed by atoms with Crippen molar-refractivity contribution in [3.63, 3.8) is 0 Å². The van der Waals surface area contributed by atoms with Gasteiger partial charge in [-0.2, -0.15) is 0 Å². The van der Waals surface area contributed by atoms with Gasteiger partial charge in [-0.1, -0.05) is 48.5 Å². The van der Waals surface area contributed by atoms with Crippen LogP contribution in [0.1, 0.15) is 28.0 Å². The molecule has 4 N–H and O–H groups in total. The van der Waals surface area contributed by atoms with E-state index in [0.717, 1.165) is 47.1 Å². The zero-order valence-electron chi connectivity index (χ0n) is 24.2. The molecule has 0 bridgehead atoms. The smallest absolute Gasteiger partial charge is 0.225 e. The number of rotatable bonds is 11. The van der Waals surface area contributed by atoms with Gasteiger partial charge in [-0.05, 0) is 76.2 Å². The van der Waals surface area contributed by atoms with Crippen molar-refractivity contribution in [1.29, 1.82) is 0 Å². The highest BCUT2D eigenvalue weighted by Gasteiger charge is 2.20. The highest BCUT2D eigenvalue weighted by molar-refractivity contribution is 7.12. The molecule has 1 aliphatic heterocycles. The predicted octanol–water partition coefficient (Wildman–Crippen LogP) is 6.63. The summed E-state index contributed by atoms with van der Waals surface area (Å²) in [6, 6.07) is 30.9. The van der Waals surface area contributed by atoms with E-state index in [0.29, 0.717) is 25.3 Å². The van der Waals surface area contributed by atoms with Crippen molar-refractivity contribution in [2.45, 2.75) is 25.9 Å². The lowest BCUT2D eigenvalue weighted by Crippen LogP contribution is -2.22. The number of amidine groups is 1. The molecule has 218 valence electrons. The minimum absolute atomic E-state index is 0.0212. The molecule has 1 aromatic heterocycles. The van der Waals surface area contributed by atoms with Gasteiger partial charge in [-0.3, -0.25) is 4.79 Å². The van der Waals surface area contributed by atoms with E-state index in [9.17, 15) is 4.79 Å². The SMILES string of the molecule is COc1ccc(N=C(N)c2cccs2)cc1CNCCC(=O)Nc1ccc2c(c1)CCN2Cc1cccc2ccccc12. The largest absolute Gasteiger partial charge is 0.496 e. The highest BCUT2D eigenvalue weighted by atomic mass is 32.1. The lowest BCUT2D eigenvalue weighted by Gasteiger charge is -2.21. The lowest BCUT2D eigenvalue weighted by atomic mass is 10.0. The first-order chi connectivity index (χ1) is 21.1. The number of methoxy groups -OCH3 is 1. The monoisotopic (exact) mass is 589 g/mol. The standard InChI is InChI=1S/C35H35N5O2S/c1-42-32-14-12-29(39-35(36)33-10-5-19-43-33)21-27(32)22-37-17-15-34(41)38-28-11-13-31-25(20-28)16-18-40(31)23-26-8-4-7-24-6-2-3-9-30(24)26/h2-14,19-21,37H,15-18,22-23H2,1H3,(H2,36,39)(H,38,41). The maximum Gasteiger partial charge on any atom is 0.225 e. The second-order valence-corrected chi connectivity index (χ2v) is 11.5. The number of aliphatic imine (C=N–C) groups is 1. The minimum Gasteiger partial charge on any atom is -0.496 e. The Bertz CT molecular complexity index is 1760. The Kier molecular flexibility index (Phi) is 8.67. The van der Waals surface area contributed by atoms with E-state index in [1.165, 1.54) is 27.6 Å². The average molecular weight is 590 g/mol. The number of hydrogen-bond acceptors (Lipinski definition) is 6. The maximum atomic E-state index is 12.7. The molecule has 0 fully saturated rings. The molecule has 2 heterocycles. The average Bonchev–Trinajstić information content (AvgIpc) is 3.71. The quantitative estimate of drug-likeness (QED) is 0.0914. The molecule has 1 aliphatic rings. The number of carbonyl (C=O) groups excluding carboxylic acids is 1. The molecule has 0 saturated heterocycles. The normalized spacial score (nSPS) is 12.9. The lowest BCUT2D eigenvalue weighted by molar-refractivity contribution is -0.116. The molecule has 1 amide bonds. The number of anilines is 2. The molecule has 4 aromatic carbocycles. The Balaban J connectivity index is 1.02. The van der Waals surface area contributed by atoms with Crippen LogP contribution in [0.2, 0.25) is 0 Å². The molecule has 43 heavy (non-hydrogen) atoms. The van der Waals surface area contributed by atoms with Crippen LogP contribution in [0.25, 0.3) is 10.8 Å². The number of hydrogen-bond donors (Lipinski definition) is 3. The molecule has 7 nitrogen and oxygen atoms in total. The third-order valence-electron chi connectivity index (χ3n) is 7.73. The third-order valence-corrected chi connectivity index (χ3v) is 8.62. The number of nitrogens with zero attached hydrogens (tertiary/aromatic N) is 2. The Labute approximate surface area is 256 Å². The molecule has 6 rings (SSSR count). The van der Waals surface area contributed by atoms with Gasteiger partial charge >= 0.3 is 0 Å². The summed E-state index contributed by atoms with van der Waals surface area (Å²) in [5.41, 5.74) is 12.6. The zero-order chi connectivity index (χ0) is 29.6. The van der Waals surface area contributed by atoms with E-state index in [1.54, 1.807) is 18.4 Å². The maximum absolute atomic E-state index is 12.7. The van der Waals surface area contributed by atoms with E-state index in [4.69, 9.17) is 10.5 Å². The molecule has 0 spiro atoms. The number of benzene rings is 4. The van der Waals surface area contributed by atoms with Crippen LogP contribution in [-0.4, -0.2) is 31.9 Å². The minimum atomic E-state index is -0.0212. The number of nitrogens with two attached hydrogens (primary N) is 1. The summed E-state index contributed by atoms with van der Waals surface area (Å²) < 4.78 is 5.53. The number of amides is 1. The predicted molar refractivity (Wildman–Crippen MR) is 178 cm³/mol. The summed E-state index contributed by atoms with van der Waals surface area (Å²) in [4.78, 5) is 20.7. The number of nitrogens with one attached hydrogen (secondary N) is 2. The molecule has 0 saturated carbocycles. The van der Waals surface area contributed by atoms with Crippen LogP contribution in [0.4, 0.5) is 17.1 Å². The van der Waals surface area contributed by atoms with Crippen LogP contribution in [0.15, 0.2) is 101 Å². The van der Waals surface area contributed by atoms with Crippen molar-refractivity contribution in [2.75, 3.05) is 30.4 Å². The van der Waals surface area contributed by atoms with E-state index in [1.807, 2.05) is 41.8 Å². The summed E-state index contributed by atoms with van der Waals surface area (Å²) >= 11 is 1.56. The van der Waals surface area contributed by atoms with Gasteiger partial charge in [-0.25, -0.2) is 4.99 Å². The van der Waals surface area contributed by atoms with Gasteiger partial charge < -0.3 is 26.0 Å². The zero-order valence-corrected chi connectivity index (χ0v) is 25.0. The highest BCUT2D eigenvalue weighted by Crippen LogP contribution is 2.33. The summed E-state index contributed by atoms with van der Waals surface area (Å²) in [5, 5.41) is 11.0. The number of thiophene rings is 1. The Morgan fingerprint density at radius 1 is 1.00 bits per heavy atom. The van der Waals surface area contributed by atoms with Gasteiger partial charge in [-0.15, -0.1) is 11.3 Å². The van der Waals surface area contributed by atoms with E-state index in [-0.39, 0.29) is 5.91 Å². The van der Waals surface area contributed by atoms with Crippen molar-refractivity contribution in [1.82, 2.24) is 5.32 Å². The van der Waals surface area contributed by atoms with Crippen LogP contribution in [0, 0.1) is 0 Å². The Morgan fingerprint density at radius 2 is 1.88 bits per heavy atom. The first-order valence-corrected chi connectivity index (χ1v) is 15.4. The molecule has 0 aliphatic carbocycles.